The maximum atomic E-state index is 10.6. The van der Waals surface area contributed by atoms with Crippen molar-refractivity contribution >= 4 is 31.3 Å². The van der Waals surface area contributed by atoms with E-state index >= 15 is 0 Å². The standard InChI is InChI=1S/C10H12Cl2O3S/c11-10-4-1-3-9(7-10)8-15-5-2-6-16(12,13)14/h1,3-4,7H,2,5-6,8H2. The Morgan fingerprint density at radius 1 is 1.31 bits per heavy atom. The number of rotatable bonds is 6. The molecule has 0 aromatic heterocycles. The molecule has 0 heterocycles. The van der Waals surface area contributed by atoms with E-state index in [-0.39, 0.29) is 5.75 Å². The molecule has 0 aliphatic rings. The van der Waals surface area contributed by atoms with Crippen molar-refractivity contribution in [1.82, 2.24) is 0 Å². The van der Waals surface area contributed by atoms with Gasteiger partial charge in [0.05, 0.1) is 12.4 Å². The maximum absolute atomic E-state index is 10.6. The van der Waals surface area contributed by atoms with E-state index in [0.717, 1.165) is 5.56 Å². The van der Waals surface area contributed by atoms with Crippen LogP contribution in [0.15, 0.2) is 24.3 Å². The predicted molar refractivity (Wildman–Crippen MR) is 65.4 cm³/mol. The van der Waals surface area contributed by atoms with Gasteiger partial charge in [0.25, 0.3) is 0 Å². The molecule has 0 radical (unpaired) electrons. The van der Waals surface area contributed by atoms with Crippen LogP contribution in [0.2, 0.25) is 5.02 Å². The molecule has 90 valence electrons. The molecule has 6 heteroatoms. The number of halogens is 2. The third kappa shape index (κ3) is 6.33. The molecule has 0 atom stereocenters. The second kappa shape index (κ2) is 6.45. The Balaban J connectivity index is 2.21. The average Bonchev–Trinajstić information content (AvgIpc) is 2.15. The zero-order valence-corrected chi connectivity index (χ0v) is 10.9. The zero-order chi connectivity index (χ0) is 12.0. The first-order chi connectivity index (χ1) is 7.47. The predicted octanol–water partition coefficient (Wildman–Crippen LogP) is 2.82. The van der Waals surface area contributed by atoms with Gasteiger partial charge in [-0.3, -0.25) is 0 Å². The maximum Gasteiger partial charge on any atom is 0.232 e. The molecule has 1 aromatic rings. The third-order valence-electron chi connectivity index (χ3n) is 1.83. The Hall–Kier alpha value is -0.290. The Labute approximate surface area is 105 Å². The molecule has 0 aliphatic heterocycles. The van der Waals surface area contributed by atoms with E-state index in [1.807, 2.05) is 12.1 Å². The average molecular weight is 283 g/mol. The quantitative estimate of drug-likeness (QED) is 0.595. The van der Waals surface area contributed by atoms with Gasteiger partial charge in [0.1, 0.15) is 0 Å². The Bertz CT molecular complexity index is 431. The van der Waals surface area contributed by atoms with Gasteiger partial charge in [-0.1, -0.05) is 23.7 Å². The zero-order valence-electron chi connectivity index (χ0n) is 8.53. The fourth-order valence-electron chi connectivity index (χ4n) is 1.15. The highest BCUT2D eigenvalue weighted by Gasteiger charge is 2.03. The summed E-state index contributed by atoms with van der Waals surface area (Å²) in [4.78, 5) is 0. The fourth-order valence-corrected chi connectivity index (χ4v) is 2.15. The molecule has 0 N–H and O–H groups in total. The van der Waals surface area contributed by atoms with Gasteiger partial charge >= 0.3 is 0 Å². The molecule has 16 heavy (non-hydrogen) atoms. The molecule has 3 nitrogen and oxygen atoms in total. The van der Waals surface area contributed by atoms with Gasteiger partial charge in [-0.2, -0.15) is 0 Å². The van der Waals surface area contributed by atoms with Crippen LogP contribution in [0.5, 0.6) is 0 Å². The summed E-state index contributed by atoms with van der Waals surface area (Å²) in [5.41, 5.74) is 0.959. The molecule has 0 saturated heterocycles. The van der Waals surface area contributed by atoms with Crippen LogP contribution in [0.1, 0.15) is 12.0 Å². The minimum Gasteiger partial charge on any atom is -0.377 e. The van der Waals surface area contributed by atoms with Gasteiger partial charge in [0.15, 0.2) is 0 Å². The summed E-state index contributed by atoms with van der Waals surface area (Å²) >= 11 is 5.79. The van der Waals surface area contributed by atoms with E-state index in [1.54, 1.807) is 12.1 Å². The Morgan fingerprint density at radius 3 is 2.69 bits per heavy atom. The highest BCUT2D eigenvalue weighted by atomic mass is 35.7. The molecular weight excluding hydrogens is 271 g/mol. The van der Waals surface area contributed by atoms with Crippen molar-refractivity contribution < 1.29 is 13.2 Å². The third-order valence-corrected chi connectivity index (χ3v) is 3.31. The van der Waals surface area contributed by atoms with Crippen molar-refractivity contribution in [3.63, 3.8) is 0 Å². The summed E-state index contributed by atoms with van der Waals surface area (Å²) in [5, 5.41) is 0.657. The fraction of sp³-hybridized carbons (Fsp3) is 0.400. The minimum absolute atomic E-state index is 0.0654. The number of hydrogen-bond donors (Lipinski definition) is 0. The smallest absolute Gasteiger partial charge is 0.232 e. The van der Waals surface area contributed by atoms with Crippen molar-refractivity contribution in [2.75, 3.05) is 12.4 Å². The lowest BCUT2D eigenvalue weighted by Gasteiger charge is -2.03. The van der Waals surface area contributed by atoms with E-state index in [0.29, 0.717) is 24.7 Å². The Morgan fingerprint density at radius 2 is 2.06 bits per heavy atom. The number of benzene rings is 1. The van der Waals surface area contributed by atoms with Gasteiger partial charge in [0.2, 0.25) is 9.05 Å². The van der Waals surface area contributed by atoms with Gasteiger partial charge in [-0.05, 0) is 24.1 Å². The SMILES string of the molecule is O=S(=O)(Cl)CCCOCc1cccc(Cl)c1. The van der Waals surface area contributed by atoms with Crippen molar-refractivity contribution in [3.8, 4) is 0 Å². The summed E-state index contributed by atoms with van der Waals surface area (Å²) in [6, 6.07) is 7.32. The first-order valence-electron chi connectivity index (χ1n) is 4.72. The van der Waals surface area contributed by atoms with Gasteiger partial charge in [-0.25, -0.2) is 8.42 Å². The van der Waals surface area contributed by atoms with E-state index in [9.17, 15) is 8.42 Å². The first kappa shape index (κ1) is 13.8. The van der Waals surface area contributed by atoms with Crippen molar-refractivity contribution in [2.24, 2.45) is 0 Å². The highest BCUT2D eigenvalue weighted by molar-refractivity contribution is 8.13. The molecule has 0 saturated carbocycles. The molecule has 0 bridgehead atoms. The van der Waals surface area contributed by atoms with Crippen LogP contribution in [0.3, 0.4) is 0 Å². The number of hydrogen-bond acceptors (Lipinski definition) is 3. The second-order valence-electron chi connectivity index (χ2n) is 3.28. The van der Waals surface area contributed by atoms with E-state index in [1.165, 1.54) is 0 Å². The lowest BCUT2D eigenvalue weighted by atomic mass is 10.2. The molecule has 0 spiro atoms. The summed E-state index contributed by atoms with van der Waals surface area (Å²) in [7, 11) is 1.64. The summed E-state index contributed by atoms with van der Waals surface area (Å²) in [6.07, 6.45) is 0.395. The van der Waals surface area contributed by atoms with Crippen LogP contribution in [-0.2, 0) is 20.4 Å². The van der Waals surface area contributed by atoms with Gasteiger partial charge in [-0.15, -0.1) is 0 Å². The monoisotopic (exact) mass is 282 g/mol. The summed E-state index contributed by atoms with van der Waals surface area (Å²) in [5.74, 6) is -0.0654. The van der Waals surface area contributed by atoms with E-state index in [2.05, 4.69) is 0 Å². The second-order valence-corrected chi connectivity index (χ2v) is 6.61. The molecule has 0 unspecified atom stereocenters. The highest BCUT2D eigenvalue weighted by Crippen LogP contribution is 2.11. The normalized spacial score (nSPS) is 11.6. The topological polar surface area (TPSA) is 43.4 Å². The van der Waals surface area contributed by atoms with Crippen LogP contribution < -0.4 is 0 Å². The number of ether oxygens (including phenoxy) is 1. The van der Waals surface area contributed by atoms with Crippen molar-refractivity contribution in [3.05, 3.63) is 34.9 Å². The summed E-state index contributed by atoms with van der Waals surface area (Å²) < 4.78 is 26.5. The Kier molecular flexibility index (Phi) is 5.55. The largest absolute Gasteiger partial charge is 0.377 e. The molecule has 1 aromatic carbocycles. The molecule has 1 rings (SSSR count). The van der Waals surface area contributed by atoms with Crippen LogP contribution in [0.25, 0.3) is 0 Å². The van der Waals surface area contributed by atoms with Gasteiger partial charge < -0.3 is 4.74 Å². The van der Waals surface area contributed by atoms with Crippen molar-refractivity contribution in [2.45, 2.75) is 13.0 Å². The summed E-state index contributed by atoms with van der Waals surface area (Å²) in [6.45, 7) is 0.779. The van der Waals surface area contributed by atoms with Crippen LogP contribution in [0.4, 0.5) is 0 Å². The van der Waals surface area contributed by atoms with Crippen molar-refractivity contribution in [1.29, 1.82) is 0 Å². The molecule has 0 amide bonds. The van der Waals surface area contributed by atoms with Crippen LogP contribution in [0, 0.1) is 0 Å². The van der Waals surface area contributed by atoms with Gasteiger partial charge in [0, 0.05) is 22.3 Å². The first-order valence-corrected chi connectivity index (χ1v) is 7.57. The van der Waals surface area contributed by atoms with Crippen LogP contribution >= 0.6 is 22.3 Å². The van der Waals surface area contributed by atoms with E-state index in [4.69, 9.17) is 27.0 Å². The van der Waals surface area contributed by atoms with Crippen LogP contribution in [-0.4, -0.2) is 20.8 Å². The van der Waals surface area contributed by atoms with E-state index < -0.39 is 9.05 Å². The minimum atomic E-state index is -3.40. The molecular formula is C10H12Cl2O3S. The lowest BCUT2D eigenvalue weighted by molar-refractivity contribution is 0.122. The lowest BCUT2D eigenvalue weighted by Crippen LogP contribution is -2.03. The molecule has 0 fully saturated rings. The molecule has 0 aliphatic carbocycles.